The number of nitrogens with two attached hydrogens (primary N) is 1. The number of anilines is 2. The zero-order chi connectivity index (χ0) is 12.2. The molecule has 1 aromatic heterocycles. The van der Waals surface area contributed by atoms with E-state index in [1.807, 2.05) is 6.92 Å². The number of rotatable bonds is 5. The lowest BCUT2D eigenvalue weighted by molar-refractivity contribution is 0.508. The Morgan fingerprint density at radius 1 is 1.31 bits per heavy atom. The second kappa shape index (κ2) is 5.12. The first-order valence-electron chi connectivity index (χ1n) is 5.56. The molecule has 1 aromatic rings. The highest BCUT2D eigenvalue weighted by molar-refractivity contribution is 5.56. The number of nitrogens with one attached hydrogen (secondary N) is 2. The summed E-state index contributed by atoms with van der Waals surface area (Å²) in [6.45, 7) is 8.43. The molecule has 0 aromatic carbocycles. The fourth-order valence-corrected chi connectivity index (χ4v) is 1.73. The van der Waals surface area contributed by atoms with E-state index in [2.05, 4.69) is 41.5 Å². The predicted molar refractivity (Wildman–Crippen MR) is 67.2 cm³/mol. The zero-order valence-corrected chi connectivity index (χ0v) is 10.5. The van der Waals surface area contributed by atoms with E-state index >= 15 is 0 Å². The smallest absolute Gasteiger partial charge is 0.148 e. The third-order valence-corrected chi connectivity index (χ3v) is 2.55. The second-order valence-electron chi connectivity index (χ2n) is 4.60. The highest BCUT2D eigenvalue weighted by Gasteiger charge is 2.18. The third kappa shape index (κ3) is 3.06. The fraction of sp³-hybridized carbons (Fsp3) is 0.636. The van der Waals surface area contributed by atoms with E-state index in [1.165, 1.54) is 6.33 Å². The Hall–Kier alpha value is -1.36. The average molecular weight is 223 g/mol. The molecule has 0 aliphatic carbocycles. The Morgan fingerprint density at radius 2 is 1.94 bits per heavy atom. The second-order valence-corrected chi connectivity index (χ2v) is 4.60. The van der Waals surface area contributed by atoms with Gasteiger partial charge >= 0.3 is 0 Å². The van der Waals surface area contributed by atoms with E-state index in [0.717, 1.165) is 24.2 Å². The molecule has 0 atom stereocenters. The lowest BCUT2D eigenvalue weighted by Gasteiger charge is -2.27. The minimum absolute atomic E-state index is 0.0275. The van der Waals surface area contributed by atoms with Crippen LogP contribution in [0.25, 0.3) is 0 Å². The summed E-state index contributed by atoms with van der Waals surface area (Å²) in [5, 5.41) is 3.42. The maximum Gasteiger partial charge on any atom is 0.148 e. The quantitative estimate of drug-likeness (QED) is 0.526. The number of hydrogen-bond donors (Lipinski definition) is 3. The molecule has 0 aliphatic heterocycles. The molecule has 0 fully saturated rings. The first kappa shape index (κ1) is 12.7. The molecule has 5 heteroatoms. The van der Waals surface area contributed by atoms with E-state index in [1.54, 1.807) is 0 Å². The van der Waals surface area contributed by atoms with E-state index in [9.17, 15) is 0 Å². The molecule has 0 bridgehead atoms. The van der Waals surface area contributed by atoms with E-state index in [4.69, 9.17) is 5.84 Å². The van der Waals surface area contributed by atoms with Gasteiger partial charge in [-0.15, -0.1) is 0 Å². The van der Waals surface area contributed by atoms with Crippen LogP contribution in [-0.4, -0.2) is 15.5 Å². The lowest BCUT2D eigenvalue weighted by atomic mass is 9.99. The largest absolute Gasteiger partial charge is 0.365 e. The highest BCUT2D eigenvalue weighted by atomic mass is 15.3. The molecule has 0 saturated heterocycles. The van der Waals surface area contributed by atoms with Gasteiger partial charge in [0.05, 0.1) is 0 Å². The first-order valence-corrected chi connectivity index (χ1v) is 5.56. The molecule has 1 heterocycles. The molecule has 0 aliphatic rings. The summed E-state index contributed by atoms with van der Waals surface area (Å²) in [5.74, 6) is 6.87. The molecule has 0 spiro atoms. The van der Waals surface area contributed by atoms with Gasteiger partial charge in [0.25, 0.3) is 0 Å². The fourth-order valence-electron chi connectivity index (χ4n) is 1.73. The van der Waals surface area contributed by atoms with Crippen molar-refractivity contribution < 1.29 is 0 Å². The molecule has 90 valence electrons. The van der Waals surface area contributed by atoms with Gasteiger partial charge in [-0.1, -0.05) is 13.3 Å². The van der Waals surface area contributed by atoms with Crippen molar-refractivity contribution >= 4 is 11.6 Å². The number of nitrogens with zero attached hydrogens (tertiary/aromatic N) is 2. The van der Waals surface area contributed by atoms with Crippen LogP contribution in [0, 0.1) is 6.92 Å². The zero-order valence-electron chi connectivity index (χ0n) is 10.5. The van der Waals surface area contributed by atoms with Crippen molar-refractivity contribution in [1.29, 1.82) is 0 Å². The predicted octanol–water partition coefficient (Wildman–Crippen LogP) is 2.06. The van der Waals surface area contributed by atoms with Crippen LogP contribution in [0.5, 0.6) is 0 Å². The van der Waals surface area contributed by atoms with Gasteiger partial charge in [-0.25, -0.2) is 15.8 Å². The van der Waals surface area contributed by atoms with Crippen LogP contribution in [0.3, 0.4) is 0 Å². The normalized spacial score (nSPS) is 11.3. The van der Waals surface area contributed by atoms with Crippen LogP contribution in [0.15, 0.2) is 6.33 Å². The maximum atomic E-state index is 5.37. The Morgan fingerprint density at radius 3 is 2.50 bits per heavy atom. The van der Waals surface area contributed by atoms with E-state index in [0.29, 0.717) is 5.82 Å². The monoisotopic (exact) mass is 223 g/mol. The van der Waals surface area contributed by atoms with Gasteiger partial charge in [0.2, 0.25) is 0 Å². The summed E-state index contributed by atoms with van der Waals surface area (Å²) in [7, 11) is 0. The van der Waals surface area contributed by atoms with Crippen molar-refractivity contribution in [3.8, 4) is 0 Å². The van der Waals surface area contributed by atoms with Gasteiger partial charge in [-0.3, -0.25) is 0 Å². The molecule has 4 N–H and O–H groups in total. The topological polar surface area (TPSA) is 75.9 Å². The molecule has 1 rings (SSSR count). The van der Waals surface area contributed by atoms with Gasteiger partial charge in [-0.05, 0) is 27.2 Å². The van der Waals surface area contributed by atoms with E-state index in [-0.39, 0.29) is 5.54 Å². The molecule has 16 heavy (non-hydrogen) atoms. The minimum Gasteiger partial charge on any atom is -0.365 e. The summed E-state index contributed by atoms with van der Waals surface area (Å²) in [5.41, 5.74) is 3.53. The molecule has 0 saturated carbocycles. The standard InChI is InChI=1S/C11H21N5/c1-5-6-11(3,4)15-9-8(2)10(16-12)14-7-13-9/h7H,5-6,12H2,1-4H3,(H2,13,14,15,16). The van der Waals surface area contributed by atoms with Gasteiger partial charge in [-0.2, -0.15) is 0 Å². The summed E-state index contributed by atoms with van der Waals surface area (Å²) < 4.78 is 0. The van der Waals surface area contributed by atoms with Crippen molar-refractivity contribution in [2.24, 2.45) is 5.84 Å². The van der Waals surface area contributed by atoms with Crippen LogP contribution in [0.4, 0.5) is 11.6 Å². The Balaban J connectivity index is 2.89. The molecule has 5 nitrogen and oxygen atoms in total. The van der Waals surface area contributed by atoms with Crippen molar-refractivity contribution in [2.45, 2.75) is 46.1 Å². The lowest BCUT2D eigenvalue weighted by Crippen LogP contribution is -2.31. The van der Waals surface area contributed by atoms with Gasteiger partial charge in [0.1, 0.15) is 18.0 Å². The maximum absolute atomic E-state index is 5.37. The SMILES string of the molecule is CCCC(C)(C)Nc1ncnc(NN)c1C. The molecule has 0 amide bonds. The molecular formula is C11H21N5. The number of aromatic nitrogens is 2. The highest BCUT2D eigenvalue weighted by Crippen LogP contribution is 2.23. The van der Waals surface area contributed by atoms with Crippen molar-refractivity contribution in [1.82, 2.24) is 9.97 Å². The van der Waals surface area contributed by atoms with Gasteiger partial charge < -0.3 is 10.7 Å². The van der Waals surface area contributed by atoms with E-state index < -0.39 is 0 Å². The Kier molecular flexibility index (Phi) is 4.06. The van der Waals surface area contributed by atoms with Gasteiger partial charge in [0, 0.05) is 11.1 Å². The van der Waals surface area contributed by atoms with Crippen LogP contribution in [0.1, 0.15) is 39.2 Å². The van der Waals surface area contributed by atoms with Crippen LogP contribution < -0.4 is 16.6 Å². The molecular weight excluding hydrogens is 202 g/mol. The average Bonchev–Trinajstić information content (AvgIpc) is 2.21. The molecule has 0 radical (unpaired) electrons. The minimum atomic E-state index is 0.0275. The number of nitrogen functional groups attached to an aromatic ring is 1. The van der Waals surface area contributed by atoms with Crippen molar-refractivity contribution in [2.75, 3.05) is 10.7 Å². The van der Waals surface area contributed by atoms with Crippen molar-refractivity contribution in [3.05, 3.63) is 11.9 Å². The molecule has 0 unspecified atom stereocenters. The third-order valence-electron chi connectivity index (χ3n) is 2.55. The first-order chi connectivity index (χ1) is 7.50. The van der Waals surface area contributed by atoms with Crippen molar-refractivity contribution in [3.63, 3.8) is 0 Å². The summed E-state index contributed by atoms with van der Waals surface area (Å²) in [6.07, 6.45) is 3.72. The van der Waals surface area contributed by atoms with Crippen LogP contribution in [0.2, 0.25) is 0 Å². The Labute approximate surface area is 96.8 Å². The van der Waals surface area contributed by atoms with Crippen LogP contribution >= 0.6 is 0 Å². The Bertz CT molecular complexity index is 348. The number of hydrogen-bond acceptors (Lipinski definition) is 5. The van der Waals surface area contributed by atoms with Crippen LogP contribution in [-0.2, 0) is 0 Å². The summed E-state index contributed by atoms with van der Waals surface area (Å²) in [6, 6.07) is 0. The summed E-state index contributed by atoms with van der Waals surface area (Å²) in [4.78, 5) is 8.28. The number of hydrazine groups is 1. The van der Waals surface area contributed by atoms with Gasteiger partial charge in [0.15, 0.2) is 0 Å². The summed E-state index contributed by atoms with van der Waals surface area (Å²) >= 11 is 0.